The van der Waals surface area contributed by atoms with E-state index in [2.05, 4.69) is 11.1 Å². The van der Waals surface area contributed by atoms with E-state index in [-0.39, 0.29) is 24.1 Å². The van der Waals surface area contributed by atoms with E-state index in [4.69, 9.17) is 4.74 Å². The largest absolute Gasteiger partial charge is 0.497 e. The van der Waals surface area contributed by atoms with Crippen LogP contribution in [0.1, 0.15) is 22.0 Å². The lowest BCUT2D eigenvalue weighted by molar-refractivity contribution is -0.00629. The zero-order valence-corrected chi connectivity index (χ0v) is 16.5. The predicted molar refractivity (Wildman–Crippen MR) is 112 cm³/mol. The number of pyridine rings is 1. The van der Waals surface area contributed by atoms with Crippen molar-refractivity contribution in [2.45, 2.75) is 18.0 Å². The highest BCUT2D eigenvalue weighted by molar-refractivity contribution is 5.94. The van der Waals surface area contributed by atoms with Crippen LogP contribution in [0.25, 0.3) is 11.1 Å². The van der Waals surface area contributed by atoms with Gasteiger partial charge in [0.25, 0.3) is 5.91 Å². The van der Waals surface area contributed by atoms with Gasteiger partial charge in [-0.25, -0.2) is 0 Å². The number of aliphatic hydroxyl groups excluding tert-OH is 1. The molecule has 2 heterocycles. The molecule has 3 aromatic rings. The number of nitriles is 1. The van der Waals surface area contributed by atoms with Crippen LogP contribution in [0.2, 0.25) is 0 Å². The van der Waals surface area contributed by atoms with Gasteiger partial charge in [-0.1, -0.05) is 42.5 Å². The molecule has 1 amide bonds. The average molecular weight is 399 g/mol. The molecular formula is C24H21N3O3. The fourth-order valence-corrected chi connectivity index (χ4v) is 4.01. The first-order valence-corrected chi connectivity index (χ1v) is 9.66. The summed E-state index contributed by atoms with van der Waals surface area (Å²) in [7, 11) is 1.63. The highest BCUT2D eigenvalue weighted by atomic mass is 16.5. The van der Waals surface area contributed by atoms with E-state index in [1.54, 1.807) is 25.3 Å². The highest BCUT2D eigenvalue weighted by Gasteiger charge is 2.52. The van der Waals surface area contributed by atoms with Crippen LogP contribution in [0, 0.1) is 11.3 Å². The molecule has 1 aromatic heterocycles. The Bertz CT molecular complexity index is 1080. The number of carbonyl (C=O) groups excluding carboxylic acids is 1. The number of benzene rings is 2. The monoisotopic (exact) mass is 399 g/mol. The third-order valence-electron chi connectivity index (χ3n) is 5.55. The maximum atomic E-state index is 12.8. The number of likely N-dealkylation sites (tertiary alicyclic amines) is 1. The molecule has 2 aromatic carbocycles. The Morgan fingerprint density at radius 3 is 2.57 bits per heavy atom. The zero-order chi connectivity index (χ0) is 21.1. The summed E-state index contributed by atoms with van der Waals surface area (Å²) in [6, 6.07) is 21.8. The Balaban J connectivity index is 1.59. The number of hydrogen-bond acceptors (Lipinski definition) is 5. The number of nitrogens with zero attached hydrogens (tertiary/aromatic N) is 3. The Morgan fingerprint density at radius 2 is 1.93 bits per heavy atom. The van der Waals surface area contributed by atoms with Crippen molar-refractivity contribution in [3.05, 3.63) is 84.2 Å². The lowest BCUT2D eigenvalue weighted by Crippen LogP contribution is -2.65. The molecule has 1 aliphatic heterocycles. The molecule has 30 heavy (non-hydrogen) atoms. The Labute approximate surface area is 175 Å². The van der Waals surface area contributed by atoms with Crippen molar-refractivity contribution in [2.24, 2.45) is 0 Å². The van der Waals surface area contributed by atoms with Crippen LogP contribution in [0.3, 0.4) is 0 Å². The molecule has 0 unspecified atom stereocenters. The molecule has 0 saturated carbocycles. The van der Waals surface area contributed by atoms with E-state index < -0.39 is 12.1 Å². The Kier molecular flexibility index (Phi) is 5.46. The Hall–Kier alpha value is -3.69. The number of amides is 1. The summed E-state index contributed by atoms with van der Waals surface area (Å²) in [5, 5.41) is 19.7. The fourth-order valence-electron chi connectivity index (χ4n) is 4.01. The van der Waals surface area contributed by atoms with Crippen molar-refractivity contribution in [1.29, 1.82) is 5.26 Å². The van der Waals surface area contributed by atoms with Gasteiger partial charge in [0.15, 0.2) is 0 Å². The highest BCUT2D eigenvalue weighted by Crippen LogP contribution is 2.41. The number of carbonyl (C=O) groups is 1. The van der Waals surface area contributed by atoms with Gasteiger partial charge in [-0.15, -0.1) is 0 Å². The van der Waals surface area contributed by atoms with Crippen molar-refractivity contribution >= 4 is 5.91 Å². The van der Waals surface area contributed by atoms with E-state index in [9.17, 15) is 15.2 Å². The summed E-state index contributed by atoms with van der Waals surface area (Å²) in [4.78, 5) is 18.3. The van der Waals surface area contributed by atoms with E-state index >= 15 is 0 Å². The van der Waals surface area contributed by atoms with Gasteiger partial charge in [0, 0.05) is 12.1 Å². The van der Waals surface area contributed by atoms with E-state index in [1.165, 1.54) is 11.1 Å². The molecule has 6 heteroatoms. The van der Waals surface area contributed by atoms with E-state index in [1.807, 2.05) is 48.5 Å². The van der Waals surface area contributed by atoms with Gasteiger partial charge in [0.05, 0.1) is 25.8 Å². The minimum Gasteiger partial charge on any atom is -0.497 e. The molecule has 0 bridgehead atoms. The normalized spacial score (nSPS) is 20.2. The van der Waals surface area contributed by atoms with Gasteiger partial charge in [-0.3, -0.25) is 9.78 Å². The molecule has 4 rings (SSSR count). The molecule has 0 radical (unpaired) electrons. The molecule has 0 spiro atoms. The van der Waals surface area contributed by atoms with Crippen molar-refractivity contribution in [3.8, 4) is 22.9 Å². The first kappa shape index (κ1) is 19.6. The summed E-state index contributed by atoms with van der Waals surface area (Å²) in [6.45, 7) is -0.223. The molecule has 6 nitrogen and oxygen atoms in total. The Morgan fingerprint density at radius 1 is 1.13 bits per heavy atom. The van der Waals surface area contributed by atoms with Gasteiger partial charge in [0.1, 0.15) is 17.5 Å². The standard InChI is InChI=1S/C24H21N3O3/c1-30-19-6-4-5-18(13-19)16-8-10-17(11-9-16)23-21(14-25)27(22(23)15-28)24(29)20-7-2-3-12-26-20/h2-13,21-23,28H,15H2,1H3/t21-,22-,23+/m0/s1. The van der Waals surface area contributed by atoms with Crippen molar-refractivity contribution in [2.75, 3.05) is 13.7 Å². The maximum Gasteiger partial charge on any atom is 0.273 e. The first-order valence-electron chi connectivity index (χ1n) is 9.66. The maximum absolute atomic E-state index is 12.8. The fraction of sp³-hybridized carbons (Fsp3) is 0.208. The molecule has 1 N–H and O–H groups in total. The van der Waals surface area contributed by atoms with Crippen LogP contribution < -0.4 is 4.74 Å². The van der Waals surface area contributed by atoms with Crippen LogP contribution in [0.4, 0.5) is 0 Å². The number of aromatic nitrogens is 1. The number of ether oxygens (including phenoxy) is 1. The average Bonchev–Trinajstić information content (AvgIpc) is 2.80. The lowest BCUT2D eigenvalue weighted by Gasteiger charge is -2.51. The van der Waals surface area contributed by atoms with Gasteiger partial charge in [0.2, 0.25) is 0 Å². The number of rotatable bonds is 5. The van der Waals surface area contributed by atoms with E-state index in [0.717, 1.165) is 22.4 Å². The van der Waals surface area contributed by atoms with Crippen LogP contribution in [-0.2, 0) is 0 Å². The topological polar surface area (TPSA) is 86.5 Å². The van der Waals surface area contributed by atoms with E-state index in [0.29, 0.717) is 0 Å². The second kappa shape index (κ2) is 8.36. The summed E-state index contributed by atoms with van der Waals surface area (Å²) in [5.41, 5.74) is 3.23. The SMILES string of the molecule is COc1cccc(-c2ccc([C@@H]3[C@H](C#N)N(C(=O)c4ccccn4)[C@H]3CO)cc2)c1. The smallest absolute Gasteiger partial charge is 0.273 e. The molecule has 3 atom stereocenters. The summed E-state index contributed by atoms with van der Waals surface area (Å²) >= 11 is 0. The van der Waals surface area contributed by atoms with Gasteiger partial charge in [-0.2, -0.15) is 5.26 Å². The van der Waals surface area contributed by atoms with Crippen LogP contribution in [0.15, 0.2) is 72.9 Å². The quantitative estimate of drug-likeness (QED) is 0.712. The number of methoxy groups -OCH3 is 1. The van der Waals surface area contributed by atoms with Crippen molar-refractivity contribution in [3.63, 3.8) is 0 Å². The third-order valence-corrected chi connectivity index (χ3v) is 5.55. The molecular weight excluding hydrogens is 378 g/mol. The second-order valence-electron chi connectivity index (χ2n) is 7.13. The van der Waals surface area contributed by atoms with Gasteiger partial charge >= 0.3 is 0 Å². The zero-order valence-electron chi connectivity index (χ0n) is 16.5. The van der Waals surface area contributed by atoms with Gasteiger partial charge < -0.3 is 14.7 Å². The second-order valence-corrected chi connectivity index (χ2v) is 7.13. The van der Waals surface area contributed by atoms with Crippen molar-refractivity contribution in [1.82, 2.24) is 9.88 Å². The van der Waals surface area contributed by atoms with Crippen LogP contribution >= 0.6 is 0 Å². The molecule has 1 aliphatic rings. The predicted octanol–water partition coefficient (Wildman–Crippen LogP) is 3.25. The minimum absolute atomic E-state index is 0.223. The lowest BCUT2D eigenvalue weighted by atomic mass is 9.75. The minimum atomic E-state index is -0.653. The van der Waals surface area contributed by atoms with Crippen LogP contribution in [0.5, 0.6) is 5.75 Å². The molecule has 150 valence electrons. The van der Waals surface area contributed by atoms with Crippen molar-refractivity contribution < 1.29 is 14.6 Å². The molecule has 0 aliphatic carbocycles. The number of hydrogen-bond donors (Lipinski definition) is 1. The van der Waals surface area contributed by atoms with Crippen LogP contribution in [-0.4, -0.2) is 46.7 Å². The summed E-state index contributed by atoms with van der Waals surface area (Å²) < 4.78 is 5.29. The summed E-state index contributed by atoms with van der Waals surface area (Å²) in [5.74, 6) is 0.182. The summed E-state index contributed by atoms with van der Waals surface area (Å²) in [6.07, 6.45) is 1.54. The molecule has 1 saturated heterocycles. The van der Waals surface area contributed by atoms with Gasteiger partial charge in [-0.05, 0) is 41.0 Å². The molecule has 1 fully saturated rings. The number of aliphatic hydroxyl groups is 1. The third kappa shape index (κ3) is 3.40. The first-order chi connectivity index (χ1) is 14.7.